The zero-order chi connectivity index (χ0) is 29.6. The van der Waals surface area contributed by atoms with Crippen LogP contribution in [0, 0.1) is 12.7 Å². The second-order valence-electron chi connectivity index (χ2n) is 10.3. The second kappa shape index (κ2) is 12.5. The maximum absolute atomic E-state index is 14.0. The van der Waals surface area contributed by atoms with E-state index in [2.05, 4.69) is 15.6 Å². The van der Waals surface area contributed by atoms with Gasteiger partial charge < -0.3 is 20.7 Å². The van der Waals surface area contributed by atoms with Gasteiger partial charge in [-0.1, -0.05) is 72.8 Å². The molecule has 2 amide bonds. The Balaban J connectivity index is 1.38. The number of carboxylic acid groups (broad SMARTS) is 1. The fourth-order valence-corrected chi connectivity index (χ4v) is 5.01. The number of para-hydroxylation sites is 1. The summed E-state index contributed by atoms with van der Waals surface area (Å²) in [4.78, 5) is 42.0. The summed E-state index contributed by atoms with van der Waals surface area (Å²) in [6.07, 6.45) is 1.87. The normalized spacial score (nSPS) is 12.4. The van der Waals surface area contributed by atoms with Crippen LogP contribution in [-0.4, -0.2) is 40.0 Å². The van der Waals surface area contributed by atoms with Gasteiger partial charge in [-0.3, -0.25) is 9.59 Å². The van der Waals surface area contributed by atoms with Crippen molar-refractivity contribution in [3.8, 4) is 11.1 Å². The van der Waals surface area contributed by atoms with Crippen LogP contribution in [-0.2, 0) is 22.4 Å². The lowest BCUT2D eigenvalue weighted by Crippen LogP contribution is -2.53. The lowest BCUT2D eigenvalue weighted by Gasteiger charge is -2.22. The highest BCUT2D eigenvalue weighted by atomic mass is 19.1. The average Bonchev–Trinajstić information content (AvgIpc) is 3.39. The largest absolute Gasteiger partial charge is 0.480 e. The van der Waals surface area contributed by atoms with Crippen molar-refractivity contribution in [1.29, 1.82) is 0 Å². The molecule has 5 aromatic rings. The molecule has 8 heteroatoms. The standard InChI is InChI=1S/C34H30FN3O4/c1-21-15-25(18-27(35)16-21)32(39)37-30(17-22-11-13-24(14-12-22)23-7-3-2-4-8-23)33(40)38-31(34(41)42)19-26-20-36-29-10-6-5-9-28(26)29/h2-16,18,20,30-31,36H,17,19H2,1H3,(H,37,39)(H,38,40)(H,41,42)/t30-,31+/m1/s1. The second-order valence-corrected chi connectivity index (χ2v) is 10.3. The lowest BCUT2D eigenvalue weighted by atomic mass is 9.99. The number of hydrogen-bond donors (Lipinski definition) is 4. The van der Waals surface area contributed by atoms with Crippen molar-refractivity contribution in [3.05, 3.63) is 131 Å². The van der Waals surface area contributed by atoms with Crippen LogP contribution in [0.4, 0.5) is 4.39 Å². The minimum atomic E-state index is -1.24. The van der Waals surface area contributed by atoms with Gasteiger partial charge in [0, 0.05) is 35.5 Å². The minimum absolute atomic E-state index is 0.0423. The van der Waals surface area contributed by atoms with Gasteiger partial charge >= 0.3 is 5.97 Å². The smallest absolute Gasteiger partial charge is 0.326 e. The molecule has 1 heterocycles. The number of benzene rings is 4. The predicted octanol–water partition coefficient (Wildman–Crippen LogP) is 5.44. The molecular formula is C34H30FN3O4. The van der Waals surface area contributed by atoms with E-state index in [4.69, 9.17) is 0 Å². The van der Waals surface area contributed by atoms with E-state index in [0.717, 1.165) is 39.2 Å². The number of H-pyrrole nitrogens is 1. The van der Waals surface area contributed by atoms with Crippen molar-refractivity contribution in [2.75, 3.05) is 0 Å². The molecule has 4 N–H and O–H groups in total. The highest BCUT2D eigenvalue weighted by molar-refractivity contribution is 5.98. The Morgan fingerprint density at radius 2 is 1.50 bits per heavy atom. The molecule has 0 aliphatic carbocycles. The van der Waals surface area contributed by atoms with E-state index in [0.29, 0.717) is 5.56 Å². The summed E-state index contributed by atoms with van der Waals surface area (Å²) >= 11 is 0. The van der Waals surface area contributed by atoms with Crippen molar-refractivity contribution < 1.29 is 23.9 Å². The molecule has 7 nitrogen and oxygen atoms in total. The van der Waals surface area contributed by atoms with Crippen LogP contribution in [0.25, 0.3) is 22.0 Å². The third-order valence-electron chi connectivity index (χ3n) is 7.14. The number of aryl methyl sites for hydroxylation is 1. The molecule has 0 fully saturated rings. The number of carbonyl (C=O) groups is 3. The summed E-state index contributed by atoms with van der Waals surface area (Å²) in [7, 11) is 0. The van der Waals surface area contributed by atoms with Crippen LogP contribution in [0.1, 0.15) is 27.0 Å². The first-order valence-electron chi connectivity index (χ1n) is 13.6. The molecule has 0 radical (unpaired) electrons. The quantitative estimate of drug-likeness (QED) is 0.181. The van der Waals surface area contributed by atoms with Crippen LogP contribution in [0.3, 0.4) is 0 Å². The SMILES string of the molecule is Cc1cc(F)cc(C(=O)N[C@H](Cc2ccc(-c3ccccc3)cc2)C(=O)N[C@@H](Cc2c[nH]c3ccccc23)C(=O)O)c1. The van der Waals surface area contributed by atoms with E-state index in [9.17, 15) is 23.9 Å². The first-order valence-corrected chi connectivity index (χ1v) is 13.6. The number of nitrogens with one attached hydrogen (secondary N) is 3. The Morgan fingerprint density at radius 1 is 0.810 bits per heavy atom. The number of amides is 2. The van der Waals surface area contributed by atoms with Gasteiger partial charge in [-0.25, -0.2) is 9.18 Å². The zero-order valence-electron chi connectivity index (χ0n) is 22.9. The Hall–Kier alpha value is -5.24. The van der Waals surface area contributed by atoms with Gasteiger partial charge in [-0.15, -0.1) is 0 Å². The molecule has 4 aromatic carbocycles. The first-order chi connectivity index (χ1) is 20.3. The van der Waals surface area contributed by atoms with E-state index in [1.54, 1.807) is 13.1 Å². The van der Waals surface area contributed by atoms with Crippen molar-refractivity contribution in [2.24, 2.45) is 0 Å². The van der Waals surface area contributed by atoms with E-state index < -0.39 is 35.7 Å². The van der Waals surface area contributed by atoms with E-state index in [-0.39, 0.29) is 18.4 Å². The fraction of sp³-hybridized carbons (Fsp3) is 0.147. The summed E-state index contributed by atoms with van der Waals surface area (Å²) in [5.74, 6) is -3.06. The zero-order valence-corrected chi connectivity index (χ0v) is 22.9. The molecule has 0 saturated carbocycles. The van der Waals surface area contributed by atoms with Gasteiger partial charge in [-0.05, 0) is 59.0 Å². The van der Waals surface area contributed by atoms with Gasteiger partial charge in [0.2, 0.25) is 5.91 Å². The van der Waals surface area contributed by atoms with Gasteiger partial charge in [0.05, 0.1) is 0 Å². The molecule has 5 rings (SSSR count). The highest BCUT2D eigenvalue weighted by Gasteiger charge is 2.28. The van der Waals surface area contributed by atoms with E-state index in [1.165, 1.54) is 12.1 Å². The maximum Gasteiger partial charge on any atom is 0.326 e. The Kier molecular flexibility index (Phi) is 8.43. The molecule has 42 heavy (non-hydrogen) atoms. The monoisotopic (exact) mass is 563 g/mol. The Labute approximate surface area is 242 Å². The van der Waals surface area contributed by atoms with Crippen LogP contribution in [0.5, 0.6) is 0 Å². The number of fused-ring (bicyclic) bond motifs is 1. The van der Waals surface area contributed by atoms with Crippen LogP contribution < -0.4 is 10.6 Å². The molecule has 2 atom stereocenters. The minimum Gasteiger partial charge on any atom is -0.480 e. The molecule has 0 bridgehead atoms. The van der Waals surface area contributed by atoms with Crippen LogP contribution >= 0.6 is 0 Å². The van der Waals surface area contributed by atoms with Crippen LogP contribution in [0.2, 0.25) is 0 Å². The molecule has 0 aliphatic heterocycles. The lowest BCUT2D eigenvalue weighted by molar-refractivity contribution is -0.142. The summed E-state index contributed by atoms with van der Waals surface area (Å²) < 4.78 is 14.0. The number of rotatable bonds is 10. The molecule has 1 aromatic heterocycles. The van der Waals surface area contributed by atoms with Crippen molar-refractivity contribution >= 4 is 28.7 Å². The summed E-state index contributed by atoms with van der Waals surface area (Å²) in [5, 5.41) is 16.1. The molecule has 0 aliphatic rings. The van der Waals surface area contributed by atoms with Crippen molar-refractivity contribution in [2.45, 2.75) is 31.8 Å². The summed E-state index contributed by atoms with van der Waals surface area (Å²) in [6.45, 7) is 1.67. The molecule has 0 spiro atoms. The number of carbonyl (C=O) groups excluding carboxylic acids is 2. The van der Waals surface area contributed by atoms with Gasteiger partial charge in [0.1, 0.15) is 17.9 Å². The molecule has 0 saturated heterocycles. The maximum atomic E-state index is 14.0. The number of aliphatic carboxylic acids is 1. The van der Waals surface area contributed by atoms with E-state index >= 15 is 0 Å². The molecule has 212 valence electrons. The molecular weight excluding hydrogens is 533 g/mol. The highest BCUT2D eigenvalue weighted by Crippen LogP contribution is 2.21. The predicted molar refractivity (Wildman–Crippen MR) is 160 cm³/mol. The third kappa shape index (κ3) is 6.72. The van der Waals surface area contributed by atoms with E-state index in [1.807, 2.05) is 78.9 Å². The van der Waals surface area contributed by atoms with Gasteiger partial charge in [0.25, 0.3) is 5.91 Å². The number of hydrogen-bond acceptors (Lipinski definition) is 3. The van der Waals surface area contributed by atoms with Crippen LogP contribution in [0.15, 0.2) is 103 Å². The number of aromatic amines is 1. The Morgan fingerprint density at radius 3 is 2.21 bits per heavy atom. The summed E-state index contributed by atoms with van der Waals surface area (Å²) in [6, 6.07) is 26.5. The Bertz CT molecular complexity index is 1710. The third-order valence-corrected chi connectivity index (χ3v) is 7.14. The van der Waals surface area contributed by atoms with Gasteiger partial charge in [0.15, 0.2) is 0 Å². The van der Waals surface area contributed by atoms with Crippen molar-refractivity contribution in [3.63, 3.8) is 0 Å². The van der Waals surface area contributed by atoms with Crippen molar-refractivity contribution in [1.82, 2.24) is 15.6 Å². The van der Waals surface area contributed by atoms with Gasteiger partial charge in [-0.2, -0.15) is 0 Å². The average molecular weight is 564 g/mol. The topological polar surface area (TPSA) is 111 Å². The first kappa shape index (κ1) is 28.3. The fourth-order valence-electron chi connectivity index (χ4n) is 5.01. The number of halogens is 1. The number of aromatic nitrogens is 1. The number of carboxylic acids is 1. The molecule has 0 unspecified atom stereocenters. The summed E-state index contributed by atoms with van der Waals surface area (Å²) in [5.41, 5.74) is 5.01.